The van der Waals surface area contributed by atoms with E-state index in [-0.39, 0.29) is 17.2 Å². The number of non-ortho nitro benzene ring substituents is 1. The molecule has 7 heteroatoms. The Kier molecular flexibility index (Phi) is 4.74. The largest absolute Gasteiger partial charge is 0.353 e. The van der Waals surface area contributed by atoms with Crippen molar-refractivity contribution < 1.29 is 14.5 Å². The number of carbonyl (C=O) groups excluding carboxylic acids is 2. The van der Waals surface area contributed by atoms with Crippen LogP contribution in [-0.2, 0) is 11.2 Å². The minimum atomic E-state index is -0.543. The summed E-state index contributed by atoms with van der Waals surface area (Å²) in [6.07, 6.45) is 2.40. The summed E-state index contributed by atoms with van der Waals surface area (Å²) in [6, 6.07) is 12.8. The van der Waals surface area contributed by atoms with Crippen LogP contribution in [-0.4, -0.2) is 22.8 Å². The molecule has 0 radical (unpaired) electrons. The van der Waals surface area contributed by atoms with Gasteiger partial charge in [0.15, 0.2) is 0 Å². The van der Waals surface area contributed by atoms with E-state index in [1.807, 2.05) is 0 Å². The number of anilines is 1. The molecular weight excluding hydrogens is 322 g/mol. The number of hydrogen-bond acceptors (Lipinski definition) is 4. The van der Waals surface area contributed by atoms with Gasteiger partial charge in [0, 0.05) is 29.4 Å². The van der Waals surface area contributed by atoms with Gasteiger partial charge in [0.2, 0.25) is 5.91 Å². The van der Waals surface area contributed by atoms with E-state index < -0.39 is 10.8 Å². The quantitative estimate of drug-likeness (QED) is 0.624. The molecule has 1 fully saturated rings. The third-order valence-corrected chi connectivity index (χ3v) is 3.84. The second kappa shape index (κ2) is 7.12. The topological polar surface area (TPSA) is 101 Å². The van der Waals surface area contributed by atoms with Gasteiger partial charge >= 0.3 is 0 Å². The molecule has 0 aliphatic heterocycles. The molecular formula is C18H17N3O4. The Morgan fingerprint density at radius 3 is 2.48 bits per heavy atom. The van der Waals surface area contributed by atoms with Crippen molar-refractivity contribution >= 4 is 23.2 Å². The summed E-state index contributed by atoms with van der Waals surface area (Å²) in [5, 5.41) is 16.4. The van der Waals surface area contributed by atoms with Crippen molar-refractivity contribution in [1.82, 2.24) is 5.32 Å². The van der Waals surface area contributed by atoms with Gasteiger partial charge in [-0.1, -0.05) is 18.2 Å². The highest BCUT2D eigenvalue weighted by molar-refractivity contribution is 6.04. The van der Waals surface area contributed by atoms with E-state index in [0.29, 0.717) is 18.2 Å². The zero-order valence-corrected chi connectivity index (χ0v) is 13.4. The molecule has 2 amide bonds. The fourth-order valence-corrected chi connectivity index (χ4v) is 2.36. The van der Waals surface area contributed by atoms with Gasteiger partial charge < -0.3 is 10.6 Å². The summed E-state index contributed by atoms with van der Waals surface area (Å²) >= 11 is 0. The number of nitrogens with zero attached hydrogens (tertiary/aromatic N) is 1. The third kappa shape index (κ3) is 4.63. The molecule has 3 rings (SSSR count). The fraction of sp³-hybridized carbons (Fsp3) is 0.222. The van der Waals surface area contributed by atoms with Crippen molar-refractivity contribution in [3.8, 4) is 0 Å². The lowest BCUT2D eigenvalue weighted by Gasteiger charge is -2.07. The van der Waals surface area contributed by atoms with Crippen LogP contribution in [0.2, 0.25) is 0 Å². The first-order valence-electron chi connectivity index (χ1n) is 7.95. The smallest absolute Gasteiger partial charge is 0.270 e. The van der Waals surface area contributed by atoms with Crippen molar-refractivity contribution in [2.24, 2.45) is 0 Å². The molecule has 1 saturated carbocycles. The van der Waals surface area contributed by atoms with E-state index in [0.717, 1.165) is 18.4 Å². The SMILES string of the molecule is O=C(Cc1ccc(NC(=O)c2cccc([N+](=O)[O-])c2)cc1)NC1CC1. The summed E-state index contributed by atoms with van der Waals surface area (Å²) in [6.45, 7) is 0. The first kappa shape index (κ1) is 16.6. The Morgan fingerprint density at radius 1 is 1.12 bits per heavy atom. The lowest BCUT2D eigenvalue weighted by Crippen LogP contribution is -2.26. The zero-order valence-electron chi connectivity index (χ0n) is 13.4. The van der Waals surface area contributed by atoms with Crippen molar-refractivity contribution in [2.75, 3.05) is 5.32 Å². The van der Waals surface area contributed by atoms with Gasteiger partial charge in [-0.25, -0.2) is 0 Å². The van der Waals surface area contributed by atoms with E-state index in [2.05, 4.69) is 10.6 Å². The lowest BCUT2D eigenvalue weighted by atomic mass is 10.1. The molecule has 0 saturated heterocycles. The van der Waals surface area contributed by atoms with Gasteiger partial charge in [-0.05, 0) is 36.6 Å². The van der Waals surface area contributed by atoms with Crippen molar-refractivity contribution in [2.45, 2.75) is 25.3 Å². The number of nitrogens with one attached hydrogen (secondary N) is 2. The molecule has 1 aliphatic carbocycles. The molecule has 0 spiro atoms. The predicted molar refractivity (Wildman–Crippen MR) is 92.4 cm³/mol. The van der Waals surface area contributed by atoms with Gasteiger partial charge in [0.05, 0.1) is 11.3 Å². The van der Waals surface area contributed by atoms with Crippen molar-refractivity contribution in [3.05, 3.63) is 69.8 Å². The Balaban J connectivity index is 1.60. The van der Waals surface area contributed by atoms with Crippen LogP contribution < -0.4 is 10.6 Å². The second-order valence-electron chi connectivity index (χ2n) is 5.98. The monoisotopic (exact) mass is 339 g/mol. The van der Waals surface area contributed by atoms with Crippen LogP contribution in [0.3, 0.4) is 0 Å². The van der Waals surface area contributed by atoms with E-state index in [1.54, 1.807) is 24.3 Å². The lowest BCUT2D eigenvalue weighted by molar-refractivity contribution is -0.384. The van der Waals surface area contributed by atoms with Crippen molar-refractivity contribution in [1.29, 1.82) is 0 Å². The zero-order chi connectivity index (χ0) is 17.8. The van der Waals surface area contributed by atoms with Crippen LogP contribution >= 0.6 is 0 Å². The van der Waals surface area contributed by atoms with Crippen LogP contribution in [0.25, 0.3) is 0 Å². The van der Waals surface area contributed by atoms with Crippen LogP contribution in [0.1, 0.15) is 28.8 Å². The van der Waals surface area contributed by atoms with E-state index in [4.69, 9.17) is 0 Å². The minimum Gasteiger partial charge on any atom is -0.353 e. The molecule has 2 aromatic rings. The number of benzene rings is 2. The Bertz CT molecular complexity index is 813. The minimum absolute atomic E-state index is 0.00381. The summed E-state index contributed by atoms with van der Waals surface area (Å²) in [4.78, 5) is 34.2. The van der Waals surface area contributed by atoms with Gasteiger partial charge in [0.1, 0.15) is 0 Å². The number of nitro benzene ring substituents is 1. The summed E-state index contributed by atoms with van der Waals surface area (Å²) in [7, 11) is 0. The molecule has 0 atom stereocenters. The maximum Gasteiger partial charge on any atom is 0.270 e. The molecule has 0 bridgehead atoms. The molecule has 0 aromatic heterocycles. The predicted octanol–water partition coefficient (Wildman–Crippen LogP) is 2.67. The van der Waals surface area contributed by atoms with Crippen molar-refractivity contribution in [3.63, 3.8) is 0 Å². The second-order valence-corrected chi connectivity index (χ2v) is 5.98. The number of rotatable bonds is 6. The first-order valence-corrected chi connectivity index (χ1v) is 7.95. The van der Waals surface area contributed by atoms with E-state index >= 15 is 0 Å². The highest BCUT2D eigenvalue weighted by Crippen LogP contribution is 2.19. The molecule has 128 valence electrons. The maximum absolute atomic E-state index is 12.2. The van der Waals surface area contributed by atoms with Gasteiger partial charge in [0.25, 0.3) is 11.6 Å². The van der Waals surface area contributed by atoms with E-state index in [1.165, 1.54) is 24.3 Å². The van der Waals surface area contributed by atoms with Crippen LogP contribution in [0.15, 0.2) is 48.5 Å². The van der Waals surface area contributed by atoms with Crippen LogP contribution in [0.5, 0.6) is 0 Å². The Morgan fingerprint density at radius 2 is 1.84 bits per heavy atom. The van der Waals surface area contributed by atoms with Crippen LogP contribution in [0.4, 0.5) is 11.4 Å². The molecule has 1 aliphatic rings. The van der Waals surface area contributed by atoms with Gasteiger partial charge in [-0.3, -0.25) is 19.7 Å². The number of nitro groups is 1. The van der Waals surface area contributed by atoms with Crippen LogP contribution in [0, 0.1) is 10.1 Å². The maximum atomic E-state index is 12.2. The molecule has 2 aromatic carbocycles. The fourth-order valence-electron chi connectivity index (χ4n) is 2.36. The molecule has 7 nitrogen and oxygen atoms in total. The highest BCUT2D eigenvalue weighted by atomic mass is 16.6. The molecule has 2 N–H and O–H groups in total. The van der Waals surface area contributed by atoms with Gasteiger partial charge in [-0.15, -0.1) is 0 Å². The highest BCUT2D eigenvalue weighted by Gasteiger charge is 2.23. The molecule has 0 heterocycles. The standard InChI is InChI=1S/C18H17N3O4/c22-17(19-14-8-9-14)10-12-4-6-15(7-5-12)20-18(23)13-2-1-3-16(11-13)21(24)25/h1-7,11,14H,8-10H2,(H,19,22)(H,20,23). The Labute approximate surface area is 144 Å². The molecule has 0 unspecified atom stereocenters. The van der Waals surface area contributed by atoms with E-state index in [9.17, 15) is 19.7 Å². The average molecular weight is 339 g/mol. The summed E-state index contributed by atoms with van der Waals surface area (Å²) in [5.41, 5.74) is 1.49. The molecule has 25 heavy (non-hydrogen) atoms. The normalized spacial score (nSPS) is 13.1. The summed E-state index contributed by atoms with van der Waals surface area (Å²) in [5.74, 6) is -0.432. The third-order valence-electron chi connectivity index (χ3n) is 3.84. The Hall–Kier alpha value is -3.22. The average Bonchev–Trinajstić information content (AvgIpc) is 3.40. The number of hydrogen-bond donors (Lipinski definition) is 2. The number of carbonyl (C=O) groups is 2. The summed E-state index contributed by atoms with van der Waals surface area (Å²) < 4.78 is 0. The number of amides is 2. The van der Waals surface area contributed by atoms with Gasteiger partial charge in [-0.2, -0.15) is 0 Å². The first-order chi connectivity index (χ1) is 12.0.